The minimum absolute atomic E-state index is 0. The van der Waals surface area contributed by atoms with Crippen LogP contribution in [0.5, 0.6) is 0 Å². The van der Waals surface area contributed by atoms with Gasteiger partial charge in [0.05, 0.1) is 0 Å². The molecule has 0 radical (unpaired) electrons. The summed E-state index contributed by atoms with van der Waals surface area (Å²) in [5, 5.41) is 7.40. The number of nitrogens with one attached hydrogen (secondary N) is 1. The Bertz CT molecular complexity index is 284. The van der Waals surface area contributed by atoms with Crippen LogP contribution in [0.25, 0.3) is 0 Å². The zero-order chi connectivity index (χ0) is 8.41. The normalized spacial score (nSPS) is 12.2. The standard InChI is InChI=1S/H3NO7S2.Na/c2-8-10(6,7)1-9(3,4)5;/h1-2H,(H,3,4,5);/q;+1/p-1. The van der Waals surface area contributed by atoms with Crippen LogP contribution in [0.4, 0.5) is 0 Å². The average Bonchev–Trinajstić information content (AvgIpc) is 1.60. The van der Waals surface area contributed by atoms with E-state index in [9.17, 15) is 21.4 Å². The topological polar surface area (TPSA) is 133 Å². The first-order valence-corrected chi connectivity index (χ1v) is 4.41. The van der Waals surface area contributed by atoms with Gasteiger partial charge in [-0.2, -0.15) is 8.42 Å². The van der Waals surface area contributed by atoms with Gasteiger partial charge in [0.25, 0.3) is 0 Å². The summed E-state index contributed by atoms with van der Waals surface area (Å²) in [7, 11) is -10.0. The van der Waals surface area contributed by atoms with E-state index in [-0.39, 0.29) is 29.6 Å². The smallest absolute Gasteiger partial charge is 0.735 e. The molecule has 62 valence electrons. The summed E-state index contributed by atoms with van der Waals surface area (Å²) in [6.07, 6.45) is 0. The summed E-state index contributed by atoms with van der Waals surface area (Å²) in [5.41, 5.74) is 0. The monoisotopic (exact) mass is 215 g/mol. The molecule has 0 amide bonds. The van der Waals surface area contributed by atoms with Crippen LogP contribution in [0, 0.1) is 0 Å². The SMILES string of the molecule is O=S(=O)([O-])NS(=O)(=O)OO.[Na+]. The van der Waals surface area contributed by atoms with Crippen LogP contribution in [0.15, 0.2) is 0 Å². The maximum Gasteiger partial charge on any atom is 1.00 e. The van der Waals surface area contributed by atoms with Crippen LogP contribution in [-0.4, -0.2) is 26.6 Å². The molecule has 0 saturated heterocycles. The first-order chi connectivity index (χ1) is 4.27. The number of rotatable bonds is 3. The second-order valence-electron chi connectivity index (χ2n) is 1.07. The fourth-order valence-electron chi connectivity index (χ4n) is 0.140. The van der Waals surface area contributed by atoms with Gasteiger partial charge in [-0.05, 0) is 0 Å². The molecule has 2 N–H and O–H groups in total. The summed E-state index contributed by atoms with van der Waals surface area (Å²) in [4.78, 5) is 0. The number of hydrogen-bond acceptors (Lipinski definition) is 7. The zero-order valence-corrected chi connectivity index (χ0v) is 8.85. The van der Waals surface area contributed by atoms with Crippen LogP contribution in [0.2, 0.25) is 0 Å². The molecule has 0 bridgehead atoms. The molecule has 0 aromatic carbocycles. The predicted molar refractivity (Wildman–Crippen MR) is 25.5 cm³/mol. The summed E-state index contributed by atoms with van der Waals surface area (Å²) in [5.74, 6) is 0. The van der Waals surface area contributed by atoms with E-state index in [2.05, 4.69) is 4.33 Å². The first kappa shape index (κ1) is 14.3. The van der Waals surface area contributed by atoms with Crippen molar-refractivity contribution in [1.29, 1.82) is 0 Å². The molecule has 0 spiro atoms. The van der Waals surface area contributed by atoms with Gasteiger partial charge in [0, 0.05) is 0 Å². The van der Waals surface area contributed by atoms with E-state index in [1.54, 1.807) is 0 Å². The minimum atomic E-state index is -5.17. The van der Waals surface area contributed by atoms with Crippen LogP contribution < -0.4 is 33.7 Å². The molecular weight excluding hydrogens is 213 g/mol. The number of hydrogen-bond donors (Lipinski definition) is 2. The predicted octanol–water partition coefficient (Wildman–Crippen LogP) is -5.23. The van der Waals surface area contributed by atoms with Crippen LogP contribution >= 0.6 is 0 Å². The summed E-state index contributed by atoms with van der Waals surface area (Å²) in [6, 6.07) is 0. The molecule has 0 aliphatic carbocycles. The Hall–Kier alpha value is 0.740. The molecule has 0 unspecified atom stereocenters. The minimum Gasteiger partial charge on any atom is -0.735 e. The van der Waals surface area contributed by atoms with Gasteiger partial charge < -0.3 is 4.55 Å². The Morgan fingerprint density at radius 1 is 1.27 bits per heavy atom. The van der Waals surface area contributed by atoms with Crippen LogP contribution in [0.3, 0.4) is 0 Å². The average molecular weight is 215 g/mol. The maximum atomic E-state index is 9.85. The third-order valence-corrected chi connectivity index (χ3v) is 2.13. The van der Waals surface area contributed by atoms with E-state index in [1.165, 1.54) is 0 Å². The Morgan fingerprint density at radius 3 is 1.73 bits per heavy atom. The molecule has 0 fully saturated rings. The van der Waals surface area contributed by atoms with E-state index in [0.717, 1.165) is 0 Å². The zero-order valence-electron chi connectivity index (χ0n) is 5.21. The van der Waals surface area contributed by atoms with Crippen molar-refractivity contribution in [2.45, 2.75) is 0 Å². The summed E-state index contributed by atoms with van der Waals surface area (Å²) in [6.45, 7) is 0. The molecule has 0 aromatic heterocycles. The van der Waals surface area contributed by atoms with Crippen molar-refractivity contribution in [3.8, 4) is 0 Å². The molecule has 0 aliphatic rings. The molecule has 0 rings (SSSR count). The molecule has 0 saturated carbocycles. The molecule has 0 heterocycles. The van der Waals surface area contributed by atoms with Crippen LogP contribution in [-0.2, 0) is 24.9 Å². The fourth-order valence-corrected chi connectivity index (χ4v) is 1.26. The Labute approximate surface area is 84.9 Å². The molecule has 0 aliphatic heterocycles. The van der Waals surface area contributed by atoms with Gasteiger partial charge in [-0.15, -0.1) is 0 Å². The van der Waals surface area contributed by atoms with Crippen molar-refractivity contribution >= 4 is 20.6 Å². The molecule has 0 aromatic rings. The van der Waals surface area contributed by atoms with E-state index in [0.29, 0.717) is 4.13 Å². The van der Waals surface area contributed by atoms with Crippen molar-refractivity contribution in [3.05, 3.63) is 0 Å². The first-order valence-electron chi connectivity index (χ1n) is 1.59. The van der Waals surface area contributed by atoms with E-state index < -0.39 is 20.6 Å². The third kappa shape index (κ3) is 8.65. The van der Waals surface area contributed by atoms with Gasteiger partial charge in [-0.25, -0.2) is 13.7 Å². The summed E-state index contributed by atoms with van der Waals surface area (Å²) < 4.78 is 51.5. The molecule has 0 atom stereocenters. The van der Waals surface area contributed by atoms with Gasteiger partial charge in [0.15, 0.2) is 10.3 Å². The summed E-state index contributed by atoms with van der Waals surface area (Å²) >= 11 is 0. The Balaban J connectivity index is 0. The second kappa shape index (κ2) is 4.69. The van der Waals surface area contributed by atoms with Gasteiger partial charge in [-0.3, -0.25) is 0 Å². The molecule has 11 heteroatoms. The van der Waals surface area contributed by atoms with Gasteiger partial charge in [0.2, 0.25) is 0 Å². The van der Waals surface area contributed by atoms with Crippen molar-refractivity contribution < 1.29 is 60.5 Å². The van der Waals surface area contributed by atoms with Crippen molar-refractivity contribution in [1.82, 2.24) is 4.13 Å². The molecule has 8 nitrogen and oxygen atoms in total. The Kier molecular flexibility index (Phi) is 6.09. The Morgan fingerprint density at radius 2 is 1.64 bits per heavy atom. The third-order valence-electron chi connectivity index (χ3n) is 0.302. The van der Waals surface area contributed by atoms with Crippen molar-refractivity contribution in [2.24, 2.45) is 0 Å². The maximum absolute atomic E-state index is 9.85. The van der Waals surface area contributed by atoms with Gasteiger partial charge in [0.1, 0.15) is 0 Å². The molecule has 11 heavy (non-hydrogen) atoms. The van der Waals surface area contributed by atoms with Gasteiger partial charge in [-0.1, -0.05) is 8.46 Å². The van der Waals surface area contributed by atoms with E-state index in [4.69, 9.17) is 5.26 Å². The quantitative estimate of drug-likeness (QED) is 0.208. The van der Waals surface area contributed by atoms with Gasteiger partial charge >= 0.3 is 39.9 Å². The fraction of sp³-hybridized carbons (Fsp3) is 0. The van der Waals surface area contributed by atoms with Crippen molar-refractivity contribution in [2.75, 3.05) is 0 Å². The largest absolute Gasteiger partial charge is 1.00 e. The molecular formula is H2NNaO7S2. The van der Waals surface area contributed by atoms with E-state index >= 15 is 0 Å². The van der Waals surface area contributed by atoms with E-state index in [1.807, 2.05) is 0 Å². The van der Waals surface area contributed by atoms with Crippen molar-refractivity contribution in [3.63, 3.8) is 0 Å². The second-order valence-corrected chi connectivity index (χ2v) is 3.70. The van der Waals surface area contributed by atoms with Crippen LogP contribution in [0.1, 0.15) is 0 Å².